The van der Waals surface area contributed by atoms with Crippen molar-refractivity contribution >= 4 is 34.4 Å². The molecular weight excluding hydrogens is 244 g/mol. The van der Waals surface area contributed by atoms with Crippen LogP contribution in [-0.4, -0.2) is 14.4 Å². The standard InChI is InChI=1S/C10H7ClN4S/c11-6-2-1-3-15-9(12)8(14-10(6)15)7-4-13-5-16-7/h1-5H,12H2. The van der Waals surface area contributed by atoms with Gasteiger partial charge in [0.15, 0.2) is 5.65 Å². The average Bonchev–Trinajstić information content (AvgIpc) is 2.88. The molecule has 4 nitrogen and oxygen atoms in total. The summed E-state index contributed by atoms with van der Waals surface area (Å²) in [4.78, 5) is 9.39. The Labute approximate surface area is 100 Å². The zero-order valence-corrected chi connectivity index (χ0v) is 9.66. The van der Waals surface area contributed by atoms with E-state index in [1.807, 2.05) is 12.3 Å². The number of nitrogens with zero attached hydrogens (tertiary/aromatic N) is 3. The van der Waals surface area contributed by atoms with Crippen LogP contribution in [0.2, 0.25) is 5.02 Å². The highest BCUT2D eigenvalue weighted by molar-refractivity contribution is 7.13. The number of nitrogens with two attached hydrogens (primary N) is 1. The van der Waals surface area contributed by atoms with Crippen molar-refractivity contribution in [3.63, 3.8) is 0 Å². The number of nitrogen functional groups attached to an aromatic ring is 1. The lowest BCUT2D eigenvalue weighted by molar-refractivity contribution is 1.20. The van der Waals surface area contributed by atoms with Crippen LogP contribution in [0.3, 0.4) is 0 Å². The molecule has 0 fully saturated rings. The fraction of sp³-hybridized carbons (Fsp3) is 0. The Morgan fingerprint density at radius 2 is 2.31 bits per heavy atom. The smallest absolute Gasteiger partial charge is 0.158 e. The quantitative estimate of drug-likeness (QED) is 0.722. The molecule has 3 aromatic rings. The van der Waals surface area contributed by atoms with Gasteiger partial charge in [0, 0.05) is 12.4 Å². The van der Waals surface area contributed by atoms with Crippen LogP contribution in [0.25, 0.3) is 16.2 Å². The number of hydrogen-bond donors (Lipinski definition) is 1. The van der Waals surface area contributed by atoms with Crippen LogP contribution in [0.5, 0.6) is 0 Å². The Balaban J connectivity index is 2.36. The molecule has 0 spiro atoms. The largest absolute Gasteiger partial charge is 0.383 e. The van der Waals surface area contributed by atoms with Gasteiger partial charge in [-0.1, -0.05) is 11.6 Å². The molecule has 0 radical (unpaired) electrons. The molecule has 0 aliphatic carbocycles. The molecule has 0 aromatic carbocycles. The molecule has 16 heavy (non-hydrogen) atoms. The molecule has 3 heterocycles. The third-order valence-corrected chi connectivity index (χ3v) is 3.38. The molecule has 3 rings (SSSR count). The minimum Gasteiger partial charge on any atom is -0.383 e. The predicted molar refractivity (Wildman–Crippen MR) is 65.7 cm³/mol. The molecule has 80 valence electrons. The van der Waals surface area contributed by atoms with E-state index < -0.39 is 0 Å². The van der Waals surface area contributed by atoms with Gasteiger partial charge in [-0.05, 0) is 12.1 Å². The van der Waals surface area contributed by atoms with Gasteiger partial charge in [-0.25, -0.2) is 4.98 Å². The first-order valence-electron chi connectivity index (χ1n) is 4.58. The van der Waals surface area contributed by atoms with E-state index in [-0.39, 0.29) is 0 Å². The number of fused-ring (bicyclic) bond motifs is 1. The summed E-state index contributed by atoms with van der Waals surface area (Å²) >= 11 is 7.55. The van der Waals surface area contributed by atoms with Crippen LogP contribution >= 0.6 is 22.9 Å². The summed E-state index contributed by atoms with van der Waals surface area (Å²) in [7, 11) is 0. The van der Waals surface area contributed by atoms with Crippen LogP contribution in [0.1, 0.15) is 0 Å². The molecule has 0 unspecified atom stereocenters. The molecule has 2 N–H and O–H groups in total. The van der Waals surface area contributed by atoms with Crippen molar-refractivity contribution in [3.8, 4) is 10.6 Å². The molecule has 0 aliphatic heterocycles. The summed E-state index contributed by atoms with van der Waals surface area (Å²) in [5.74, 6) is 0.585. The molecule has 0 amide bonds. The van der Waals surface area contributed by atoms with Gasteiger partial charge in [0.1, 0.15) is 11.5 Å². The van der Waals surface area contributed by atoms with Gasteiger partial charge < -0.3 is 5.73 Å². The van der Waals surface area contributed by atoms with Crippen LogP contribution in [-0.2, 0) is 0 Å². The highest BCUT2D eigenvalue weighted by Gasteiger charge is 2.13. The van der Waals surface area contributed by atoms with E-state index >= 15 is 0 Å². The molecule has 0 saturated heterocycles. The van der Waals surface area contributed by atoms with Gasteiger partial charge in [-0.2, -0.15) is 0 Å². The second kappa shape index (κ2) is 3.47. The second-order valence-corrected chi connectivity index (χ2v) is 4.55. The lowest BCUT2D eigenvalue weighted by Gasteiger charge is -1.96. The Morgan fingerprint density at radius 3 is 3.00 bits per heavy atom. The lowest BCUT2D eigenvalue weighted by atomic mass is 10.4. The molecule has 0 atom stereocenters. The zero-order valence-electron chi connectivity index (χ0n) is 8.09. The van der Waals surface area contributed by atoms with Crippen LogP contribution < -0.4 is 5.73 Å². The van der Waals surface area contributed by atoms with Gasteiger partial charge in [0.05, 0.1) is 15.4 Å². The first-order chi connectivity index (χ1) is 7.77. The summed E-state index contributed by atoms with van der Waals surface area (Å²) in [5.41, 5.74) is 9.17. The maximum atomic E-state index is 6.05. The highest BCUT2D eigenvalue weighted by Crippen LogP contribution is 2.30. The number of imidazole rings is 1. The number of rotatable bonds is 1. The molecule has 0 aliphatic rings. The molecular formula is C10H7ClN4S. The number of halogens is 1. The van der Waals surface area contributed by atoms with E-state index in [0.29, 0.717) is 16.5 Å². The third kappa shape index (κ3) is 1.29. The topological polar surface area (TPSA) is 56.2 Å². The van der Waals surface area contributed by atoms with Crippen LogP contribution in [0, 0.1) is 0 Å². The van der Waals surface area contributed by atoms with E-state index in [0.717, 1.165) is 10.6 Å². The SMILES string of the molecule is Nc1c(-c2cncs2)nc2c(Cl)cccn12. The van der Waals surface area contributed by atoms with Crippen molar-refractivity contribution in [1.29, 1.82) is 0 Å². The Morgan fingerprint density at radius 1 is 1.44 bits per heavy atom. The maximum Gasteiger partial charge on any atom is 0.158 e. The lowest BCUT2D eigenvalue weighted by Crippen LogP contribution is -1.93. The normalized spacial score (nSPS) is 11.1. The van der Waals surface area contributed by atoms with Crippen molar-refractivity contribution < 1.29 is 0 Å². The summed E-state index contributed by atoms with van der Waals surface area (Å²) in [5, 5.41) is 0.588. The van der Waals surface area contributed by atoms with Crippen molar-refractivity contribution in [2.45, 2.75) is 0 Å². The van der Waals surface area contributed by atoms with E-state index in [1.54, 1.807) is 22.2 Å². The fourth-order valence-electron chi connectivity index (χ4n) is 1.57. The van der Waals surface area contributed by atoms with Gasteiger partial charge >= 0.3 is 0 Å². The van der Waals surface area contributed by atoms with Gasteiger partial charge in [0.2, 0.25) is 0 Å². The van der Waals surface area contributed by atoms with E-state index in [4.69, 9.17) is 17.3 Å². The highest BCUT2D eigenvalue weighted by atomic mass is 35.5. The maximum absolute atomic E-state index is 6.05. The average molecular weight is 251 g/mol. The zero-order chi connectivity index (χ0) is 11.1. The third-order valence-electron chi connectivity index (χ3n) is 2.31. The molecule has 3 aromatic heterocycles. The van der Waals surface area contributed by atoms with E-state index in [1.165, 1.54) is 11.3 Å². The van der Waals surface area contributed by atoms with Crippen LogP contribution in [0.4, 0.5) is 5.82 Å². The summed E-state index contributed by atoms with van der Waals surface area (Å²) < 4.78 is 1.78. The minimum atomic E-state index is 0.585. The van der Waals surface area contributed by atoms with Crippen molar-refractivity contribution in [2.75, 3.05) is 5.73 Å². The van der Waals surface area contributed by atoms with Gasteiger partial charge in [-0.15, -0.1) is 11.3 Å². The van der Waals surface area contributed by atoms with Crippen molar-refractivity contribution in [3.05, 3.63) is 35.1 Å². The number of hydrogen-bond acceptors (Lipinski definition) is 4. The molecule has 0 saturated carbocycles. The number of aromatic nitrogens is 3. The number of pyridine rings is 1. The van der Waals surface area contributed by atoms with Gasteiger partial charge in [0.25, 0.3) is 0 Å². The van der Waals surface area contributed by atoms with Gasteiger partial charge in [-0.3, -0.25) is 9.38 Å². The summed E-state index contributed by atoms with van der Waals surface area (Å²) in [6, 6.07) is 3.63. The predicted octanol–water partition coefficient (Wildman–Crippen LogP) is 2.69. The Bertz CT molecular complexity index is 644. The minimum absolute atomic E-state index is 0.585. The summed E-state index contributed by atoms with van der Waals surface area (Å²) in [6.07, 6.45) is 3.59. The molecule has 0 bridgehead atoms. The van der Waals surface area contributed by atoms with E-state index in [9.17, 15) is 0 Å². The Hall–Kier alpha value is -1.59. The first-order valence-corrected chi connectivity index (χ1v) is 5.84. The number of anilines is 1. The Kier molecular flexibility index (Phi) is 2.08. The van der Waals surface area contributed by atoms with Crippen molar-refractivity contribution in [2.24, 2.45) is 0 Å². The van der Waals surface area contributed by atoms with Crippen molar-refractivity contribution in [1.82, 2.24) is 14.4 Å². The van der Waals surface area contributed by atoms with Crippen LogP contribution in [0.15, 0.2) is 30.0 Å². The number of thiazole rings is 1. The first kappa shape index (κ1) is 9.62. The second-order valence-electron chi connectivity index (χ2n) is 3.26. The van der Waals surface area contributed by atoms with E-state index in [2.05, 4.69) is 9.97 Å². The fourth-order valence-corrected chi connectivity index (χ4v) is 2.39. The molecule has 6 heteroatoms. The monoisotopic (exact) mass is 250 g/mol. The summed E-state index contributed by atoms with van der Waals surface area (Å²) in [6.45, 7) is 0.